The molecule has 0 spiro atoms. The molecule has 34 valence electrons. The fourth-order valence-electron chi connectivity index (χ4n) is 0. The first kappa shape index (κ1) is 5.91. The van der Waals surface area contributed by atoms with Gasteiger partial charge in [0.1, 0.15) is 4.99 Å². The minimum atomic E-state index is -0.898. The van der Waals surface area contributed by atoms with Crippen LogP contribution in [0.1, 0.15) is 0 Å². The van der Waals surface area contributed by atoms with Crippen LogP contribution in [0.15, 0.2) is 0 Å². The molecule has 0 bridgehead atoms. The largest absolute Gasteiger partial charge is 0.387 e. The van der Waals surface area contributed by atoms with Crippen LogP contribution in [0.2, 0.25) is 0 Å². The van der Waals surface area contributed by atoms with Crippen LogP contribution < -0.4 is 5.73 Å². The molecular weight excluding hydrogens is 121 g/mol. The lowest BCUT2D eigenvalue weighted by atomic mass is 10.8. The van der Waals surface area contributed by atoms with Gasteiger partial charge < -0.3 is 5.73 Å². The number of hydrogen-bond donors (Lipinski definition) is 1. The summed E-state index contributed by atoms with van der Waals surface area (Å²) in [6, 6.07) is 0. The highest BCUT2D eigenvalue weighted by atomic mass is 32.1. The molecular formula is C2H2FNS2. The van der Waals surface area contributed by atoms with Gasteiger partial charge in [0.15, 0.2) is 0 Å². The molecule has 0 aliphatic carbocycles. The van der Waals surface area contributed by atoms with Gasteiger partial charge in [-0.2, -0.15) is 4.39 Å². The summed E-state index contributed by atoms with van der Waals surface area (Å²) in [5, 5.41) is -0.898. The van der Waals surface area contributed by atoms with E-state index in [2.05, 4.69) is 30.2 Å². The maximum Gasteiger partial charge on any atom is 0.220 e. The van der Waals surface area contributed by atoms with Gasteiger partial charge in [-0.05, 0) is 12.2 Å². The Balaban J connectivity index is 3.57. The zero-order chi connectivity index (χ0) is 5.15. The van der Waals surface area contributed by atoms with Crippen molar-refractivity contribution in [2.75, 3.05) is 0 Å². The molecule has 0 unspecified atom stereocenters. The second kappa shape index (κ2) is 2.15. The van der Waals surface area contributed by atoms with E-state index in [9.17, 15) is 4.39 Å². The van der Waals surface area contributed by atoms with Crippen LogP contribution in [0.5, 0.6) is 0 Å². The molecule has 0 aromatic carbocycles. The molecule has 0 aromatic heterocycles. The van der Waals surface area contributed by atoms with E-state index in [0.29, 0.717) is 0 Å². The second-order valence-corrected chi connectivity index (χ2v) is 1.44. The lowest BCUT2D eigenvalue weighted by Gasteiger charge is -1.78. The van der Waals surface area contributed by atoms with Gasteiger partial charge in [-0.25, -0.2) is 0 Å². The molecule has 6 heavy (non-hydrogen) atoms. The van der Waals surface area contributed by atoms with Gasteiger partial charge in [-0.1, -0.05) is 12.2 Å². The minimum Gasteiger partial charge on any atom is -0.387 e. The molecule has 0 heterocycles. The Bertz CT molecular complexity index is 77.5. The van der Waals surface area contributed by atoms with Crippen molar-refractivity contribution in [3.05, 3.63) is 0 Å². The third-order valence-corrected chi connectivity index (χ3v) is 0.722. The highest BCUT2D eigenvalue weighted by molar-refractivity contribution is 7.88. The predicted octanol–water partition coefficient (Wildman–Crippen LogP) is 0.569. The summed E-state index contributed by atoms with van der Waals surface area (Å²) in [4.78, 5) is -0.343. The summed E-state index contributed by atoms with van der Waals surface area (Å²) < 4.78 is 11.3. The standard InChI is InChI=1S/C2H2FNS2/c3-1(5)2(4)6/h(H2,4,6). The van der Waals surface area contributed by atoms with Crippen LogP contribution in [0, 0.1) is 0 Å². The zero-order valence-corrected chi connectivity index (χ0v) is 4.40. The normalized spacial score (nSPS) is 7.50. The van der Waals surface area contributed by atoms with Crippen molar-refractivity contribution in [3.8, 4) is 0 Å². The number of nitrogens with two attached hydrogens (primary N) is 1. The number of hydrogen-bond acceptors (Lipinski definition) is 2. The molecule has 0 aliphatic heterocycles. The van der Waals surface area contributed by atoms with Crippen molar-refractivity contribution in [3.63, 3.8) is 0 Å². The van der Waals surface area contributed by atoms with Crippen molar-refractivity contribution >= 4 is 34.5 Å². The Morgan fingerprint density at radius 2 is 1.67 bits per heavy atom. The maximum atomic E-state index is 11.3. The van der Waals surface area contributed by atoms with E-state index in [4.69, 9.17) is 0 Å². The summed E-state index contributed by atoms with van der Waals surface area (Å²) in [7, 11) is 0. The van der Waals surface area contributed by atoms with Gasteiger partial charge >= 0.3 is 0 Å². The van der Waals surface area contributed by atoms with Crippen LogP contribution in [0.25, 0.3) is 0 Å². The first-order chi connectivity index (χ1) is 2.64. The second-order valence-electron chi connectivity index (χ2n) is 0.638. The lowest BCUT2D eigenvalue weighted by Crippen LogP contribution is -2.13. The van der Waals surface area contributed by atoms with Gasteiger partial charge in [-0.3, -0.25) is 0 Å². The third-order valence-electron chi connectivity index (χ3n) is 0.194. The molecule has 0 saturated heterocycles. The molecule has 0 atom stereocenters. The fraction of sp³-hybridized carbons (Fsp3) is 0. The molecule has 0 rings (SSSR count). The van der Waals surface area contributed by atoms with Crippen molar-refractivity contribution in [2.45, 2.75) is 0 Å². The molecule has 4 heteroatoms. The van der Waals surface area contributed by atoms with Gasteiger partial charge in [0.25, 0.3) is 0 Å². The highest BCUT2D eigenvalue weighted by Crippen LogP contribution is 1.75. The number of halogens is 1. The fourth-order valence-corrected chi connectivity index (χ4v) is 0. The van der Waals surface area contributed by atoms with Crippen molar-refractivity contribution in [1.82, 2.24) is 0 Å². The van der Waals surface area contributed by atoms with Crippen molar-refractivity contribution < 1.29 is 4.39 Å². The van der Waals surface area contributed by atoms with Crippen LogP contribution >= 0.6 is 24.4 Å². The van der Waals surface area contributed by atoms with E-state index in [1.54, 1.807) is 0 Å². The predicted molar refractivity (Wildman–Crippen MR) is 30.5 cm³/mol. The van der Waals surface area contributed by atoms with Gasteiger partial charge in [-0.15, -0.1) is 0 Å². The Kier molecular flexibility index (Phi) is 2.12. The van der Waals surface area contributed by atoms with E-state index in [1.165, 1.54) is 0 Å². The topological polar surface area (TPSA) is 26.0 Å². The van der Waals surface area contributed by atoms with E-state index in [0.717, 1.165) is 0 Å². The van der Waals surface area contributed by atoms with Crippen molar-refractivity contribution in [2.24, 2.45) is 5.73 Å². The van der Waals surface area contributed by atoms with Crippen LogP contribution in [-0.2, 0) is 0 Å². The third kappa shape index (κ3) is 2.17. The van der Waals surface area contributed by atoms with Crippen LogP contribution in [-0.4, -0.2) is 10.1 Å². The Labute approximate surface area is 45.3 Å². The Morgan fingerprint density at radius 3 is 1.67 bits per heavy atom. The smallest absolute Gasteiger partial charge is 0.220 e. The SMILES string of the molecule is NC(=S)C(F)=S. The first-order valence-electron chi connectivity index (χ1n) is 1.14. The van der Waals surface area contributed by atoms with E-state index >= 15 is 0 Å². The molecule has 0 saturated carbocycles. The Hall–Kier alpha value is -0.0900. The monoisotopic (exact) mass is 123 g/mol. The molecule has 0 aromatic rings. The highest BCUT2D eigenvalue weighted by Gasteiger charge is 1.90. The molecule has 0 radical (unpaired) electrons. The molecule has 0 fully saturated rings. The minimum absolute atomic E-state index is 0.343. The van der Waals surface area contributed by atoms with E-state index in [-0.39, 0.29) is 4.99 Å². The quantitative estimate of drug-likeness (QED) is 0.408. The van der Waals surface area contributed by atoms with Crippen molar-refractivity contribution in [1.29, 1.82) is 0 Å². The summed E-state index contributed by atoms with van der Waals surface area (Å²) in [6.07, 6.45) is 0. The lowest BCUT2D eigenvalue weighted by molar-refractivity contribution is 0.844. The number of rotatable bonds is 1. The maximum absolute atomic E-state index is 11.3. The van der Waals surface area contributed by atoms with E-state index in [1.807, 2.05) is 0 Å². The van der Waals surface area contributed by atoms with Gasteiger partial charge in [0, 0.05) is 0 Å². The zero-order valence-electron chi connectivity index (χ0n) is 2.77. The average molecular weight is 123 g/mol. The molecule has 0 amide bonds. The summed E-state index contributed by atoms with van der Waals surface area (Å²) >= 11 is 7.97. The van der Waals surface area contributed by atoms with Gasteiger partial charge in [0.2, 0.25) is 5.12 Å². The number of thiocarbonyl (C=S) groups is 2. The Morgan fingerprint density at radius 1 is 1.50 bits per heavy atom. The molecule has 0 aliphatic rings. The summed E-state index contributed by atoms with van der Waals surface area (Å²) in [5.41, 5.74) is 4.65. The van der Waals surface area contributed by atoms with E-state index < -0.39 is 5.12 Å². The molecule has 2 N–H and O–H groups in total. The summed E-state index contributed by atoms with van der Waals surface area (Å²) in [5.74, 6) is 0. The van der Waals surface area contributed by atoms with Crippen LogP contribution in [0.3, 0.4) is 0 Å². The summed E-state index contributed by atoms with van der Waals surface area (Å²) in [6.45, 7) is 0. The van der Waals surface area contributed by atoms with Crippen LogP contribution in [0.4, 0.5) is 4.39 Å². The first-order valence-corrected chi connectivity index (χ1v) is 1.95. The van der Waals surface area contributed by atoms with Gasteiger partial charge in [0.05, 0.1) is 0 Å². The molecule has 1 nitrogen and oxygen atoms in total. The average Bonchev–Trinajstić information content (AvgIpc) is 1.36.